The molecular formula is C10H12BrNO. The predicted molar refractivity (Wildman–Crippen MR) is 57.5 cm³/mol. The molecule has 0 aromatic heterocycles. The highest BCUT2D eigenvalue weighted by Crippen LogP contribution is 2.30. The SMILES string of the molecule is Br.O=C=CC1C=CC=CN1C1CC1. The molecule has 1 heterocycles. The van der Waals surface area contributed by atoms with Crippen LogP contribution in [0, 0.1) is 0 Å². The van der Waals surface area contributed by atoms with Crippen LogP contribution >= 0.6 is 17.0 Å². The summed E-state index contributed by atoms with van der Waals surface area (Å²) in [5.41, 5.74) is 0. The van der Waals surface area contributed by atoms with Gasteiger partial charge in [-0.1, -0.05) is 12.2 Å². The topological polar surface area (TPSA) is 20.3 Å². The van der Waals surface area contributed by atoms with E-state index in [0.29, 0.717) is 6.04 Å². The molecule has 2 aliphatic rings. The molecule has 2 rings (SSSR count). The Kier molecular flexibility index (Phi) is 3.52. The van der Waals surface area contributed by atoms with E-state index in [-0.39, 0.29) is 23.0 Å². The van der Waals surface area contributed by atoms with Crippen LogP contribution in [-0.2, 0) is 4.79 Å². The molecule has 13 heavy (non-hydrogen) atoms. The third-order valence-electron chi connectivity index (χ3n) is 2.23. The van der Waals surface area contributed by atoms with Gasteiger partial charge in [0.1, 0.15) is 5.94 Å². The maximum absolute atomic E-state index is 10.2. The Morgan fingerprint density at radius 3 is 2.77 bits per heavy atom. The maximum atomic E-state index is 10.2. The Labute approximate surface area is 88.4 Å². The lowest BCUT2D eigenvalue weighted by Gasteiger charge is -2.27. The van der Waals surface area contributed by atoms with E-state index in [1.54, 1.807) is 6.08 Å². The summed E-state index contributed by atoms with van der Waals surface area (Å²) in [6.45, 7) is 0. The number of hydrogen-bond acceptors (Lipinski definition) is 2. The average Bonchev–Trinajstić information content (AvgIpc) is 2.89. The molecule has 0 aromatic carbocycles. The first-order valence-electron chi connectivity index (χ1n) is 4.25. The summed E-state index contributed by atoms with van der Waals surface area (Å²) in [4.78, 5) is 12.4. The van der Waals surface area contributed by atoms with E-state index in [1.807, 2.05) is 24.2 Å². The largest absolute Gasteiger partial charge is 0.364 e. The average molecular weight is 242 g/mol. The van der Waals surface area contributed by atoms with Crippen LogP contribution in [0.3, 0.4) is 0 Å². The monoisotopic (exact) mass is 241 g/mol. The summed E-state index contributed by atoms with van der Waals surface area (Å²) < 4.78 is 0. The van der Waals surface area contributed by atoms with E-state index in [4.69, 9.17) is 0 Å². The lowest BCUT2D eigenvalue weighted by Crippen LogP contribution is -2.30. The van der Waals surface area contributed by atoms with Crippen molar-refractivity contribution in [2.24, 2.45) is 0 Å². The van der Waals surface area contributed by atoms with E-state index in [0.717, 1.165) is 0 Å². The van der Waals surface area contributed by atoms with Gasteiger partial charge in [-0.25, -0.2) is 4.79 Å². The Morgan fingerprint density at radius 2 is 2.15 bits per heavy atom. The van der Waals surface area contributed by atoms with Crippen LogP contribution in [-0.4, -0.2) is 22.9 Å². The van der Waals surface area contributed by atoms with Crippen molar-refractivity contribution in [3.63, 3.8) is 0 Å². The molecule has 0 bridgehead atoms. The molecule has 1 fully saturated rings. The van der Waals surface area contributed by atoms with E-state index in [2.05, 4.69) is 11.1 Å². The number of hydrogen-bond donors (Lipinski definition) is 0. The van der Waals surface area contributed by atoms with Gasteiger partial charge in [0, 0.05) is 18.3 Å². The van der Waals surface area contributed by atoms with Crippen molar-refractivity contribution in [1.29, 1.82) is 0 Å². The molecule has 1 aliphatic carbocycles. The molecule has 1 unspecified atom stereocenters. The fourth-order valence-corrected chi connectivity index (χ4v) is 1.47. The third kappa shape index (κ3) is 2.33. The van der Waals surface area contributed by atoms with Gasteiger partial charge in [0.2, 0.25) is 0 Å². The lowest BCUT2D eigenvalue weighted by molar-refractivity contribution is 0.346. The zero-order valence-electron chi connectivity index (χ0n) is 7.22. The summed E-state index contributed by atoms with van der Waals surface area (Å²) in [5.74, 6) is 1.85. The van der Waals surface area contributed by atoms with Crippen LogP contribution in [0.5, 0.6) is 0 Å². The van der Waals surface area contributed by atoms with Crippen LogP contribution in [0.4, 0.5) is 0 Å². The molecular weight excluding hydrogens is 230 g/mol. The molecule has 0 N–H and O–H groups in total. The van der Waals surface area contributed by atoms with Crippen LogP contribution in [0.1, 0.15) is 12.8 Å². The van der Waals surface area contributed by atoms with E-state index in [9.17, 15) is 4.79 Å². The van der Waals surface area contributed by atoms with Gasteiger partial charge in [-0.2, -0.15) is 0 Å². The highest BCUT2D eigenvalue weighted by atomic mass is 79.9. The first kappa shape index (κ1) is 10.3. The minimum atomic E-state index is 0. The Bertz CT molecular complexity index is 275. The number of halogens is 1. The van der Waals surface area contributed by atoms with Gasteiger partial charge in [-0.05, 0) is 18.9 Å². The minimum absolute atomic E-state index is 0. The van der Waals surface area contributed by atoms with Crippen molar-refractivity contribution >= 4 is 22.9 Å². The zero-order chi connectivity index (χ0) is 8.39. The summed E-state index contributed by atoms with van der Waals surface area (Å²) in [6.07, 6.45) is 12.1. The summed E-state index contributed by atoms with van der Waals surface area (Å²) >= 11 is 0. The summed E-state index contributed by atoms with van der Waals surface area (Å²) in [7, 11) is 0. The van der Waals surface area contributed by atoms with Gasteiger partial charge >= 0.3 is 0 Å². The molecule has 2 nitrogen and oxygen atoms in total. The highest BCUT2D eigenvalue weighted by Gasteiger charge is 2.30. The van der Waals surface area contributed by atoms with Crippen molar-refractivity contribution in [2.75, 3.05) is 0 Å². The second-order valence-electron chi connectivity index (χ2n) is 3.18. The molecule has 0 saturated heterocycles. The van der Waals surface area contributed by atoms with E-state index in [1.165, 1.54) is 12.8 Å². The van der Waals surface area contributed by atoms with Crippen molar-refractivity contribution < 1.29 is 4.79 Å². The lowest BCUT2D eigenvalue weighted by atomic mass is 10.2. The maximum Gasteiger partial charge on any atom is 0.122 e. The molecule has 0 radical (unpaired) electrons. The Balaban J connectivity index is 0.000000845. The van der Waals surface area contributed by atoms with Crippen molar-refractivity contribution in [1.82, 2.24) is 4.90 Å². The van der Waals surface area contributed by atoms with E-state index < -0.39 is 0 Å². The third-order valence-corrected chi connectivity index (χ3v) is 2.23. The van der Waals surface area contributed by atoms with Gasteiger partial charge < -0.3 is 4.90 Å². The molecule has 1 atom stereocenters. The number of allylic oxidation sites excluding steroid dienone is 2. The van der Waals surface area contributed by atoms with Gasteiger partial charge in [0.25, 0.3) is 0 Å². The van der Waals surface area contributed by atoms with Crippen molar-refractivity contribution in [3.8, 4) is 0 Å². The molecule has 1 aliphatic heterocycles. The van der Waals surface area contributed by atoms with Crippen molar-refractivity contribution in [3.05, 3.63) is 30.5 Å². The molecule has 0 spiro atoms. The summed E-state index contributed by atoms with van der Waals surface area (Å²) in [5, 5.41) is 0. The second-order valence-corrected chi connectivity index (χ2v) is 3.18. The predicted octanol–water partition coefficient (Wildman–Crippen LogP) is 1.87. The smallest absolute Gasteiger partial charge is 0.122 e. The Hall–Kier alpha value is -0.790. The quantitative estimate of drug-likeness (QED) is 0.689. The second kappa shape index (κ2) is 4.45. The van der Waals surface area contributed by atoms with Crippen LogP contribution < -0.4 is 0 Å². The fourth-order valence-electron chi connectivity index (χ4n) is 1.47. The standard InChI is InChI=1S/C10H11NO.BrH/c12-8-6-9-3-1-2-7-11(9)10-4-5-10;/h1-3,6-7,9-10H,4-5H2;1H. The van der Waals surface area contributed by atoms with Crippen molar-refractivity contribution in [2.45, 2.75) is 24.9 Å². The number of rotatable bonds is 2. The van der Waals surface area contributed by atoms with Gasteiger partial charge in [-0.15, -0.1) is 17.0 Å². The number of carbonyl (C=O) groups excluding carboxylic acids is 1. The molecule has 70 valence electrons. The van der Waals surface area contributed by atoms with Gasteiger partial charge in [0.15, 0.2) is 0 Å². The highest BCUT2D eigenvalue weighted by molar-refractivity contribution is 8.93. The van der Waals surface area contributed by atoms with Gasteiger partial charge in [0.05, 0.1) is 6.04 Å². The van der Waals surface area contributed by atoms with Gasteiger partial charge in [-0.3, -0.25) is 0 Å². The normalized spacial score (nSPS) is 24.9. The number of nitrogens with zero attached hydrogens (tertiary/aromatic N) is 1. The molecule has 3 heteroatoms. The molecule has 0 amide bonds. The first-order chi connectivity index (χ1) is 5.92. The van der Waals surface area contributed by atoms with Crippen LogP contribution in [0.15, 0.2) is 30.5 Å². The fraction of sp³-hybridized carbons (Fsp3) is 0.400. The van der Waals surface area contributed by atoms with Crippen LogP contribution in [0.25, 0.3) is 0 Å². The molecule has 0 aromatic rings. The summed E-state index contributed by atoms with van der Waals surface area (Å²) in [6, 6.07) is 0.792. The first-order valence-corrected chi connectivity index (χ1v) is 4.25. The van der Waals surface area contributed by atoms with Crippen LogP contribution in [0.2, 0.25) is 0 Å². The van der Waals surface area contributed by atoms with E-state index >= 15 is 0 Å². The Morgan fingerprint density at radius 1 is 1.38 bits per heavy atom. The molecule has 1 saturated carbocycles. The minimum Gasteiger partial charge on any atom is -0.364 e. The zero-order valence-corrected chi connectivity index (χ0v) is 8.93.